The van der Waals surface area contributed by atoms with Gasteiger partial charge in [0.05, 0.1) is 0 Å². The van der Waals surface area contributed by atoms with Gasteiger partial charge in [0, 0.05) is 16.5 Å². The van der Waals surface area contributed by atoms with Gasteiger partial charge in [0.2, 0.25) is 0 Å². The Morgan fingerprint density at radius 2 is 2.07 bits per heavy atom. The predicted octanol–water partition coefficient (Wildman–Crippen LogP) is 3.68. The summed E-state index contributed by atoms with van der Waals surface area (Å²) in [4.78, 5) is 0. The maximum Gasteiger partial charge on any atom is 0.0237 e. The summed E-state index contributed by atoms with van der Waals surface area (Å²) in [6.07, 6.45) is 4.05. The molecule has 0 aromatic carbocycles. The van der Waals surface area contributed by atoms with Crippen molar-refractivity contribution in [1.29, 1.82) is 0 Å². The smallest absolute Gasteiger partial charge is 0.0237 e. The minimum atomic E-state index is 0.487. The lowest BCUT2D eigenvalue weighted by Crippen LogP contribution is -2.43. The molecule has 0 bridgehead atoms. The molecule has 0 aromatic rings. The Labute approximate surface area is 99.8 Å². The predicted molar refractivity (Wildman–Crippen MR) is 71.6 cm³/mol. The molecule has 1 aliphatic rings. The zero-order chi connectivity index (χ0) is 11.5. The highest BCUT2D eigenvalue weighted by atomic mass is 32.2. The van der Waals surface area contributed by atoms with Crippen molar-refractivity contribution in [3.63, 3.8) is 0 Å². The number of hydrogen-bond acceptors (Lipinski definition) is 2. The summed E-state index contributed by atoms with van der Waals surface area (Å²) in [6, 6.07) is 0.710. The fourth-order valence-electron chi connectivity index (χ4n) is 2.51. The molecule has 1 saturated carbocycles. The maximum absolute atomic E-state index is 3.69. The van der Waals surface area contributed by atoms with Crippen molar-refractivity contribution >= 4 is 11.8 Å². The SMILES string of the molecule is CCNC1C(SC(C)CC)CCC1(C)C. The Morgan fingerprint density at radius 3 is 2.60 bits per heavy atom. The zero-order valence-corrected chi connectivity index (χ0v) is 11.8. The normalized spacial score (nSPS) is 31.8. The van der Waals surface area contributed by atoms with Crippen LogP contribution in [0, 0.1) is 5.41 Å². The summed E-state index contributed by atoms with van der Waals surface area (Å²) in [7, 11) is 0. The van der Waals surface area contributed by atoms with Crippen LogP contribution >= 0.6 is 11.8 Å². The van der Waals surface area contributed by atoms with E-state index in [1.165, 1.54) is 19.3 Å². The molecular weight excluding hydrogens is 202 g/mol. The number of rotatable bonds is 5. The van der Waals surface area contributed by atoms with Crippen molar-refractivity contribution in [2.24, 2.45) is 5.41 Å². The van der Waals surface area contributed by atoms with Gasteiger partial charge in [0.25, 0.3) is 0 Å². The average Bonchev–Trinajstić information content (AvgIpc) is 2.45. The van der Waals surface area contributed by atoms with Crippen LogP contribution < -0.4 is 5.32 Å². The molecule has 0 heterocycles. The van der Waals surface area contributed by atoms with Crippen molar-refractivity contribution in [2.75, 3.05) is 6.54 Å². The molecule has 0 spiro atoms. The first kappa shape index (κ1) is 13.4. The van der Waals surface area contributed by atoms with E-state index >= 15 is 0 Å². The first-order valence-electron chi connectivity index (χ1n) is 6.40. The molecule has 1 aliphatic carbocycles. The molecule has 0 radical (unpaired) electrons. The van der Waals surface area contributed by atoms with Gasteiger partial charge in [-0.25, -0.2) is 0 Å². The standard InChI is InChI=1S/C13H27NS/c1-6-10(3)15-11-8-9-13(4,5)12(11)14-7-2/h10-12,14H,6-9H2,1-5H3. The Morgan fingerprint density at radius 1 is 1.40 bits per heavy atom. The highest BCUT2D eigenvalue weighted by Gasteiger charge is 2.41. The quantitative estimate of drug-likeness (QED) is 0.772. The van der Waals surface area contributed by atoms with E-state index in [1.807, 2.05) is 0 Å². The molecule has 15 heavy (non-hydrogen) atoms. The monoisotopic (exact) mass is 229 g/mol. The van der Waals surface area contributed by atoms with Crippen LogP contribution in [-0.4, -0.2) is 23.1 Å². The third kappa shape index (κ3) is 3.39. The van der Waals surface area contributed by atoms with E-state index in [-0.39, 0.29) is 0 Å². The van der Waals surface area contributed by atoms with Crippen molar-refractivity contribution in [3.05, 3.63) is 0 Å². The number of thioether (sulfide) groups is 1. The second kappa shape index (κ2) is 5.58. The van der Waals surface area contributed by atoms with Crippen LogP contribution in [0.15, 0.2) is 0 Å². The molecule has 1 rings (SSSR count). The van der Waals surface area contributed by atoms with Gasteiger partial charge in [-0.2, -0.15) is 11.8 Å². The first-order valence-corrected chi connectivity index (χ1v) is 7.34. The second-order valence-electron chi connectivity index (χ2n) is 5.46. The van der Waals surface area contributed by atoms with Gasteiger partial charge in [0.15, 0.2) is 0 Å². The topological polar surface area (TPSA) is 12.0 Å². The Kier molecular flexibility index (Phi) is 4.98. The fourth-order valence-corrected chi connectivity index (χ4v) is 4.17. The van der Waals surface area contributed by atoms with Crippen LogP contribution in [-0.2, 0) is 0 Å². The van der Waals surface area contributed by atoms with E-state index in [2.05, 4.69) is 51.7 Å². The third-order valence-electron chi connectivity index (χ3n) is 3.69. The van der Waals surface area contributed by atoms with E-state index in [1.54, 1.807) is 0 Å². The summed E-state index contributed by atoms with van der Waals surface area (Å²) in [6.45, 7) is 12.8. The van der Waals surface area contributed by atoms with Crippen molar-refractivity contribution in [3.8, 4) is 0 Å². The van der Waals surface area contributed by atoms with Gasteiger partial charge in [-0.15, -0.1) is 0 Å². The van der Waals surface area contributed by atoms with Crippen LogP contribution in [0.4, 0.5) is 0 Å². The van der Waals surface area contributed by atoms with Crippen LogP contribution in [0.2, 0.25) is 0 Å². The lowest BCUT2D eigenvalue weighted by molar-refractivity contribution is 0.290. The highest BCUT2D eigenvalue weighted by Crippen LogP contribution is 2.44. The Hall–Kier alpha value is 0.310. The van der Waals surface area contributed by atoms with E-state index < -0.39 is 0 Å². The van der Waals surface area contributed by atoms with Crippen LogP contribution in [0.1, 0.15) is 53.9 Å². The van der Waals surface area contributed by atoms with Gasteiger partial charge in [-0.05, 0) is 31.2 Å². The number of nitrogens with one attached hydrogen (secondary N) is 1. The van der Waals surface area contributed by atoms with Gasteiger partial charge >= 0.3 is 0 Å². The van der Waals surface area contributed by atoms with E-state index in [9.17, 15) is 0 Å². The number of hydrogen-bond donors (Lipinski definition) is 1. The van der Waals surface area contributed by atoms with Crippen LogP contribution in [0.3, 0.4) is 0 Å². The maximum atomic E-state index is 3.69. The summed E-state index contributed by atoms with van der Waals surface area (Å²) >= 11 is 2.20. The van der Waals surface area contributed by atoms with E-state index in [0.29, 0.717) is 11.5 Å². The molecule has 1 nitrogen and oxygen atoms in total. The van der Waals surface area contributed by atoms with E-state index in [4.69, 9.17) is 0 Å². The summed E-state index contributed by atoms with van der Waals surface area (Å²) in [5, 5.41) is 5.33. The summed E-state index contributed by atoms with van der Waals surface area (Å²) in [5.41, 5.74) is 0.487. The van der Waals surface area contributed by atoms with Gasteiger partial charge in [-0.3, -0.25) is 0 Å². The van der Waals surface area contributed by atoms with Gasteiger partial charge in [0.1, 0.15) is 0 Å². The molecule has 3 unspecified atom stereocenters. The fraction of sp³-hybridized carbons (Fsp3) is 1.00. The molecule has 2 heteroatoms. The van der Waals surface area contributed by atoms with Crippen molar-refractivity contribution < 1.29 is 0 Å². The lowest BCUT2D eigenvalue weighted by atomic mass is 9.87. The van der Waals surface area contributed by atoms with Gasteiger partial charge in [-0.1, -0.05) is 34.6 Å². The molecule has 90 valence electrons. The largest absolute Gasteiger partial charge is 0.313 e. The minimum Gasteiger partial charge on any atom is -0.313 e. The first-order chi connectivity index (χ1) is 7.01. The molecule has 0 amide bonds. The molecule has 0 aliphatic heterocycles. The molecular formula is C13H27NS. The van der Waals surface area contributed by atoms with Crippen molar-refractivity contribution in [1.82, 2.24) is 5.32 Å². The summed E-state index contributed by atoms with van der Waals surface area (Å²) in [5.74, 6) is 0. The lowest BCUT2D eigenvalue weighted by Gasteiger charge is -2.32. The average molecular weight is 229 g/mol. The minimum absolute atomic E-state index is 0.487. The zero-order valence-electron chi connectivity index (χ0n) is 11.0. The highest BCUT2D eigenvalue weighted by molar-refractivity contribution is 8.00. The molecule has 0 saturated heterocycles. The van der Waals surface area contributed by atoms with Crippen LogP contribution in [0.25, 0.3) is 0 Å². The van der Waals surface area contributed by atoms with Gasteiger partial charge < -0.3 is 5.32 Å². The second-order valence-corrected chi connectivity index (χ2v) is 7.14. The molecule has 0 aromatic heterocycles. The summed E-state index contributed by atoms with van der Waals surface area (Å²) < 4.78 is 0. The Bertz CT molecular complexity index is 191. The van der Waals surface area contributed by atoms with Crippen molar-refractivity contribution in [2.45, 2.75) is 70.4 Å². The molecule has 1 fully saturated rings. The Balaban J connectivity index is 2.57. The van der Waals surface area contributed by atoms with Crippen LogP contribution in [0.5, 0.6) is 0 Å². The molecule has 1 N–H and O–H groups in total. The van der Waals surface area contributed by atoms with E-state index in [0.717, 1.165) is 17.0 Å². The molecule has 3 atom stereocenters. The third-order valence-corrected chi connectivity index (χ3v) is 5.35.